The summed E-state index contributed by atoms with van der Waals surface area (Å²) in [5.41, 5.74) is 2.00. The van der Waals surface area contributed by atoms with Crippen LogP contribution in [0.1, 0.15) is 44.2 Å². The predicted octanol–water partition coefficient (Wildman–Crippen LogP) is 3.44. The van der Waals surface area contributed by atoms with Gasteiger partial charge in [-0.15, -0.1) is 0 Å². The molecule has 0 bridgehead atoms. The fourth-order valence-corrected chi connectivity index (χ4v) is 3.33. The Morgan fingerprint density at radius 3 is 2.82 bits per heavy atom. The van der Waals surface area contributed by atoms with Crippen LogP contribution in [0.2, 0.25) is 0 Å². The summed E-state index contributed by atoms with van der Waals surface area (Å²) in [4.78, 5) is 14.3. The Labute approximate surface area is 130 Å². The van der Waals surface area contributed by atoms with Gasteiger partial charge in [-0.3, -0.25) is 4.90 Å². The molecule has 1 aliphatic heterocycles. The third-order valence-corrected chi connectivity index (χ3v) is 4.72. The van der Waals surface area contributed by atoms with Gasteiger partial charge in [-0.2, -0.15) is 0 Å². The minimum atomic E-state index is -0.351. The highest BCUT2D eigenvalue weighted by atomic mass is 16.4. The Bertz CT molecular complexity index is 735. The Kier molecular flexibility index (Phi) is 4.21. The molecule has 1 saturated heterocycles. The lowest BCUT2D eigenvalue weighted by Gasteiger charge is -2.33. The van der Waals surface area contributed by atoms with E-state index >= 15 is 0 Å². The number of hydrogen-bond acceptors (Lipinski definition) is 4. The summed E-state index contributed by atoms with van der Waals surface area (Å²) in [7, 11) is 0. The average Bonchev–Trinajstić information content (AvgIpc) is 2.48. The van der Waals surface area contributed by atoms with E-state index in [-0.39, 0.29) is 11.4 Å². The van der Waals surface area contributed by atoms with Crippen molar-refractivity contribution < 1.29 is 9.52 Å². The quantitative estimate of drug-likeness (QED) is 0.882. The molecule has 0 saturated carbocycles. The third kappa shape index (κ3) is 2.88. The van der Waals surface area contributed by atoms with Crippen LogP contribution < -0.4 is 5.63 Å². The number of aryl methyl sites for hydroxylation is 1. The number of nitrogens with zero attached hydrogens (tertiary/aromatic N) is 1. The van der Waals surface area contributed by atoms with Gasteiger partial charge in [0.1, 0.15) is 11.3 Å². The normalized spacial score (nSPS) is 19.6. The van der Waals surface area contributed by atoms with Crippen LogP contribution >= 0.6 is 0 Å². The van der Waals surface area contributed by atoms with E-state index in [1.54, 1.807) is 12.1 Å². The molecule has 1 atom stereocenters. The molecule has 3 rings (SSSR count). The van der Waals surface area contributed by atoms with Gasteiger partial charge in [0.25, 0.3) is 0 Å². The van der Waals surface area contributed by atoms with Crippen molar-refractivity contribution >= 4 is 11.0 Å². The molecule has 0 unspecified atom stereocenters. The smallest absolute Gasteiger partial charge is 0.336 e. The molecule has 1 N–H and O–H groups in total. The molecule has 1 aliphatic rings. The first-order valence-electron chi connectivity index (χ1n) is 8.11. The predicted molar refractivity (Wildman–Crippen MR) is 87.2 cm³/mol. The average molecular weight is 301 g/mol. The van der Waals surface area contributed by atoms with Crippen molar-refractivity contribution in [2.45, 2.75) is 52.1 Å². The molecule has 0 aliphatic carbocycles. The number of likely N-dealkylation sites (tertiary alicyclic amines) is 1. The standard InChI is InChI=1S/C18H23NO3/c1-3-13-8-15-14(11-19-7-5-4-6-12(19)2)9-18(21)22-17(15)10-16(13)20/h8-10,12,20H,3-7,11H2,1-2H3/t12-/m1/s1. The van der Waals surface area contributed by atoms with Crippen LogP contribution in [0.3, 0.4) is 0 Å². The Morgan fingerprint density at radius 2 is 2.09 bits per heavy atom. The lowest BCUT2D eigenvalue weighted by Crippen LogP contribution is -2.36. The molecule has 0 amide bonds. The van der Waals surface area contributed by atoms with E-state index in [4.69, 9.17) is 4.42 Å². The minimum absolute atomic E-state index is 0.196. The Morgan fingerprint density at radius 1 is 1.27 bits per heavy atom. The van der Waals surface area contributed by atoms with E-state index in [0.717, 1.165) is 36.0 Å². The van der Waals surface area contributed by atoms with Crippen LogP contribution in [0.25, 0.3) is 11.0 Å². The molecule has 0 radical (unpaired) electrons. The zero-order valence-electron chi connectivity index (χ0n) is 13.3. The monoisotopic (exact) mass is 301 g/mol. The van der Waals surface area contributed by atoms with E-state index in [2.05, 4.69) is 11.8 Å². The topological polar surface area (TPSA) is 53.7 Å². The number of phenols is 1. The highest BCUT2D eigenvalue weighted by Gasteiger charge is 2.20. The van der Waals surface area contributed by atoms with Crippen molar-refractivity contribution in [2.75, 3.05) is 6.54 Å². The molecule has 1 aromatic heterocycles. The number of rotatable bonds is 3. The SMILES string of the molecule is CCc1cc2c(CN3CCCC[C@H]3C)cc(=O)oc2cc1O. The maximum absolute atomic E-state index is 11.8. The summed E-state index contributed by atoms with van der Waals surface area (Å²) < 4.78 is 5.26. The van der Waals surface area contributed by atoms with Gasteiger partial charge in [-0.05, 0) is 49.9 Å². The van der Waals surface area contributed by atoms with Gasteiger partial charge in [0.15, 0.2) is 0 Å². The van der Waals surface area contributed by atoms with Crippen molar-refractivity contribution in [2.24, 2.45) is 0 Å². The second kappa shape index (κ2) is 6.13. The zero-order valence-corrected chi connectivity index (χ0v) is 13.3. The van der Waals surface area contributed by atoms with Gasteiger partial charge < -0.3 is 9.52 Å². The lowest BCUT2D eigenvalue weighted by atomic mass is 10.0. The molecule has 4 heteroatoms. The molecule has 4 nitrogen and oxygen atoms in total. The Balaban J connectivity index is 2.05. The van der Waals surface area contributed by atoms with Crippen LogP contribution in [0.5, 0.6) is 5.75 Å². The van der Waals surface area contributed by atoms with Crippen molar-refractivity contribution in [1.29, 1.82) is 0 Å². The zero-order chi connectivity index (χ0) is 15.7. The van der Waals surface area contributed by atoms with Crippen molar-refractivity contribution in [3.8, 4) is 5.75 Å². The largest absolute Gasteiger partial charge is 0.508 e. The first-order valence-corrected chi connectivity index (χ1v) is 8.11. The summed E-state index contributed by atoms with van der Waals surface area (Å²) >= 11 is 0. The highest BCUT2D eigenvalue weighted by molar-refractivity contribution is 5.82. The number of benzene rings is 1. The summed E-state index contributed by atoms with van der Waals surface area (Å²) in [6.07, 6.45) is 4.45. The second-order valence-electron chi connectivity index (χ2n) is 6.24. The second-order valence-corrected chi connectivity index (χ2v) is 6.24. The van der Waals surface area contributed by atoms with E-state index in [0.29, 0.717) is 11.6 Å². The van der Waals surface area contributed by atoms with Crippen molar-refractivity contribution in [3.05, 3.63) is 39.7 Å². The molecule has 1 aromatic carbocycles. The molecule has 2 heterocycles. The number of aromatic hydroxyl groups is 1. The van der Waals surface area contributed by atoms with Gasteiger partial charge in [-0.1, -0.05) is 13.3 Å². The number of hydrogen-bond donors (Lipinski definition) is 1. The van der Waals surface area contributed by atoms with Gasteiger partial charge in [0, 0.05) is 30.1 Å². The van der Waals surface area contributed by atoms with Crippen LogP contribution in [-0.2, 0) is 13.0 Å². The summed E-state index contributed by atoms with van der Waals surface area (Å²) in [6, 6.07) is 5.66. The third-order valence-electron chi connectivity index (χ3n) is 4.72. The van der Waals surface area contributed by atoms with Gasteiger partial charge in [0.05, 0.1) is 0 Å². The van der Waals surface area contributed by atoms with E-state index in [9.17, 15) is 9.90 Å². The fraction of sp³-hybridized carbons (Fsp3) is 0.500. The van der Waals surface area contributed by atoms with E-state index in [1.807, 2.05) is 13.0 Å². The van der Waals surface area contributed by atoms with Gasteiger partial charge >= 0.3 is 5.63 Å². The van der Waals surface area contributed by atoms with E-state index in [1.165, 1.54) is 19.3 Å². The van der Waals surface area contributed by atoms with Crippen molar-refractivity contribution in [3.63, 3.8) is 0 Å². The molecule has 118 valence electrons. The van der Waals surface area contributed by atoms with Crippen LogP contribution in [-0.4, -0.2) is 22.6 Å². The molecule has 1 fully saturated rings. The lowest BCUT2D eigenvalue weighted by molar-refractivity contribution is 0.153. The maximum Gasteiger partial charge on any atom is 0.336 e. The molecule has 2 aromatic rings. The van der Waals surface area contributed by atoms with Gasteiger partial charge in [-0.25, -0.2) is 4.79 Å². The highest BCUT2D eigenvalue weighted by Crippen LogP contribution is 2.28. The number of piperidine rings is 1. The molecule has 0 spiro atoms. The summed E-state index contributed by atoms with van der Waals surface area (Å²) in [6.45, 7) is 6.08. The van der Waals surface area contributed by atoms with Crippen LogP contribution in [0.4, 0.5) is 0 Å². The van der Waals surface area contributed by atoms with E-state index < -0.39 is 0 Å². The molecular formula is C18H23NO3. The number of fused-ring (bicyclic) bond motifs is 1. The summed E-state index contributed by atoms with van der Waals surface area (Å²) in [5, 5.41) is 10.9. The molecule has 22 heavy (non-hydrogen) atoms. The Hall–Kier alpha value is -1.81. The first-order chi connectivity index (χ1) is 10.6. The van der Waals surface area contributed by atoms with Gasteiger partial charge in [0.2, 0.25) is 0 Å². The summed E-state index contributed by atoms with van der Waals surface area (Å²) in [5.74, 6) is 0.196. The maximum atomic E-state index is 11.8. The fourth-order valence-electron chi connectivity index (χ4n) is 3.33. The van der Waals surface area contributed by atoms with Crippen LogP contribution in [0, 0.1) is 0 Å². The van der Waals surface area contributed by atoms with Crippen molar-refractivity contribution in [1.82, 2.24) is 4.90 Å². The first kappa shape index (κ1) is 15.1. The number of phenolic OH excluding ortho intramolecular Hbond substituents is 1. The minimum Gasteiger partial charge on any atom is -0.508 e. The van der Waals surface area contributed by atoms with Crippen LogP contribution in [0.15, 0.2) is 27.4 Å². The molecular weight excluding hydrogens is 278 g/mol.